The monoisotopic (exact) mass is 522 g/mol. The highest BCUT2D eigenvalue weighted by Crippen LogP contribution is 2.34. The van der Waals surface area contributed by atoms with Crippen molar-refractivity contribution in [2.75, 3.05) is 11.9 Å². The summed E-state index contributed by atoms with van der Waals surface area (Å²) in [5.41, 5.74) is 0.127. The third-order valence-corrected chi connectivity index (χ3v) is 5.74. The number of carbonyl (C=O) groups excluding carboxylic acids is 2. The van der Waals surface area contributed by atoms with Crippen LogP contribution in [0, 0.1) is 5.92 Å². The van der Waals surface area contributed by atoms with Gasteiger partial charge in [-0.1, -0.05) is 36.7 Å². The Morgan fingerprint density at radius 1 is 1.17 bits per heavy atom. The molecular weight excluding hydrogens is 497 g/mol. The summed E-state index contributed by atoms with van der Waals surface area (Å²) in [6.45, 7) is 3.53. The van der Waals surface area contributed by atoms with Crippen molar-refractivity contribution >= 4 is 29.7 Å². The zero-order valence-corrected chi connectivity index (χ0v) is 20.7. The number of nitrogens with zero attached hydrogens (tertiary/aromatic N) is 2. The molecule has 11 heteroatoms. The second kappa shape index (κ2) is 11.1. The van der Waals surface area contributed by atoms with Crippen LogP contribution in [-0.2, 0) is 20.9 Å². The molecule has 2 aromatic carbocycles. The number of aromatic nitrogens is 2. The van der Waals surface area contributed by atoms with Crippen molar-refractivity contribution in [1.82, 2.24) is 15.1 Å². The summed E-state index contributed by atoms with van der Waals surface area (Å²) in [6.07, 6.45) is -3.99. The van der Waals surface area contributed by atoms with Crippen LogP contribution in [-0.4, -0.2) is 40.4 Å². The van der Waals surface area contributed by atoms with Crippen LogP contribution >= 0.6 is 11.6 Å². The number of hydrogen-bond acceptors (Lipinski definition) is 4. The number of halogens is 4. The minimum atomic E-state index is -4.51. The fourth-order valence-corrected chi connectivity index (χ4v) is 3.29. The maximum atomic E-state index is 13.2. The standard InChI is InChI=1S/C25H26ClF3N4O3/c1-16(13-30-15-34)23(35)31-22-12-21(33(32-22)20-9-7-19(26)8-10-20)18-6-4-5-17(11-18)14-36-24(2,3)25(27,28)29/h4-12,15-16H,13-14H2,1-3H3,(H,30,34)(H,31,32,35)/t16-/m1/s1. The first-order valence-electron chi connectivity index (χ1n) is 11.0. The number of anilines is 1. The van der Waals surface area contributed by atoms with Crippen LogP contribution in [0.4, 0.5) is 19.0 Å². The van der Waals surface area contributed by atoms with Crippen molar-refractivity contribution < 1.29 is 27.5 Å². The predicted octanol–water partition coefficient (Wildman–Crippen LogP) is 5.37. The van der Waals surface area contributed by atoms with Gasteiger partial charge in [-0.15, -0.1) is 5.10 Å². The van der Waals surface area contributed by atoms with Crippen molar-refractivity contribution in [2.45, 2.75) is 39.2 Å². The van der Waals surface area contributed by atoms with Gasteiger partial charge in [-0.2, -0.15) is 13.2 Å². The van der Waals surface area contributed by atoms with Gasteiger partial charge in [0.25, 0.3) is 0 Å². The fraction of sp³-hybridized carbons (Fsp3) is 0.320. The first-order chi connectivity index (χ1) is 16.9. The van der Waals surface area contributed by atoms with Crippen LogP contribution in [0.3, 0.4) is 0 Å². The van der Waals surface area contributed by atoms with Gasteiger partial charge in [0.1, 0.15) is 0 Å². The molecule has 1 aromatic heterocycles. The zero-order valence-electron chi connectivity index (χ0n) is 19.9. The lowest BCUT2D eigenvalue weighted by atomic mass is 10.1. The molecule has 0 unspecified atom stereocenters. The Morgan fingerprint density at radius 3 is 2.50 bits per heavy atom. The van der Waals surface area contributed by atoms with Crippen LogP contribution in [0.5, 0.6) is 0 Å². The number of rotatable bonds is 10. The van der Waals surface area contributed by atoms with Crippen molar-refractivity contribution in [3.63, 3.8) is 0 Å². The van der Waals surface area contributed by atoms with Gasteiger partial charge in [-0.3, -0.25) is 9.59 Å². The summed E-state index contributed by atoms with van der Waals surface area (Å²) in [4.78, 5) is 23.0. The van der Waals surface area contributed by atoms with E-state index in [9.17, 15) is 22.8 Å². The molecule has 0 aliphatic rings. The van der Waals surface area contributed by atoms with Crippen molar-refractivity contribution in [2.24, 2.45) is 5.92 Å². The Labute approximate surface area is 211 Å². The molecule has 1 heterocycles. The number of hydrogen-bond donors (Lipinski definition) is 2. The Balaban J connectivity index is 1.93. The van der Waals surface area contributed by atoms with E-state index < -0.39 is 17.7 Å². The maximum absolute atomic E-state index is 13.2. The normalized spacial score (nSPS) is 12.8. The highest BCUT2D eigenvalue weighted by atomic mass is 35.5. The first-order valence-corrected chi connectivity index (χ1v) is 11.4. The van der Waals surface area contributed by atoms with Crippen molar-refractivity contribution in [3.8, 4) is 16.9 Å². The van der Waals surface area contributed by atoms with Gasteiger partial charge in [0.15, 0.2) is 11.4 Å². The third-order valence-electron chi connectivity index (χ3n) is 5.49. The van der Waals surface area contributed by atoms with Gasteiger partial charge in [-0.25, -0.2) is 4.68 Å². The van der Waals surface area contributed by atoms with Gasteiger partial charge in [-0.05, 0) is 49.7 Å². The molecule has 2 N–H and O–H groups in total. The molecule has 0 aliphatic carbocycles. The van der Waals surface area contributed by atoms with E-state index in [2.05, 4.69) is 15.7 Å². The lowest BCUT2D eigenvalue weighted by Gasteiger charge is -2.28. The quantitative estimate of drug-likeness (QED) is 0.351. The number of ether oxygens (including phenoxy) is 1. The predicted molar refractivity (Wildman–Crippen MR) is 131 cm³/mol. The van der Waals surface area contributed by atoms with Crippen LogP contribution in [0.1, 0.15) is 26.3 Å². The second-order valence-corrected chi connectivity index (χ2v) is 9.15. The summed E-state index contributed by atoms with van der Waals surface area (Å²) in [5.74, 6) is -0.576. The first kappa shape index (κ1) is 27.2. The molecule has 1 atom stereocenters. The Morgan fingerprint density at radius 2 is 1.86 bits per heavy atom. The molecule has 0 radical (unpaired) electrons. The van der Waals surface area contributed by atoms with E-state index in [1.54, 1.807) is 66.2 Å². The zero-order chi connectivity index (χ0) is 26.5. The number of nitrogens with one attached hydrogen (secondary N) is 2. The number of amides is 2. The van der Waals surface area contributed by atoms with E-state index >= 15 is 0 Å². The molecule has 36 heavy (non-hydrogen) atoms. The molecule has 0 aliphatic heterocycles. The molecule has 3 rings (SSSR count). The summed E-state index contributed by atoms with van der Waals surface area (Å²) in [5, 5.41) is 10.2. The van der Waals surface area contributed by atoms with Crippen molar-refractivity contribution in [3.05, 3.63) is 65.2 Å². The van der Waals surface area contributed by atoms with Crippen LogP contribution in [0.25, 0.3) is 16.9 Å². The Kier molecular flexibility index (Phi) is 8.42. The topological polar surface area (TPSA) is 85.3 Å². The molecule has 0 fully saturated rings. The van der Waals surface area contributed by atoms with Crippen molar-refractivity contribution in [1.29, 1.82) is 0 Å². The molecule has 3 aromatic rings. The molecule has 2 amide bonds. The average Bonchev–Trinajstić information content (AvgIpc) is 3.25. The summed E-state index contributed by atoms with van der Waals surface area (Å²) in [6, 6.07) is 15.4. The molecule has 0 saturated carbocycles. The number of benzene rings is 2. The van der Waals surface area contributed by atoms with E-state index in [0.29, 0.717) is 33.9 Å². The lowest BCUT2D eigenvalue weighted by molar-refractivity contribution is -0.267. The van der Waals surface area contributed by atoms with Crippen LogP contribution in [0.2, 0.25) is 5.02 Å². The highest BCUT2D eigenvalue weighted by Gasteiger charge is 2.48. The van der Waals surface area contributed by atoms with Crippen LogP contribution in [0.15, 0.2) is 54.6 Å². The number of alkyl halides is 3. The second-order valence-electron chi connectivity index (χ2n) is 8.72. The summed E-state index contributed by atoms with van der Waals surface area (Å²) in [7, 11) is 0. The Bertz CT molecular complexity index is 1210. The van der Waals surface area contributed by atoms with Crippen LogP contribution < -0.4 is 10.6 Å². The van der Waals surface area contributed by atoms with E-state index in [0.717, 1.165) is 13.8 Å². The summed E-state index contributed by atoms with van der Waals surface area (Å²) >= 11 is 6.02. The molecule has 7 nitrogen and oxygen atoms in total. The van der Waals surface area contributed by atoms with E-state index in [1.807, 2.05) is 0 Å². The minimum Gasteiger partial charge on any atom is -0.361 e. The minimum absolute atomic E-state index is 0.163. The molecule has 0 spiro atoms. The summed E-state index contributed by atoms with van der Waals surface area (Å²) < 4.78 is 46.3. The highest BCUT2D eigenvalue weighted by molar-refractivity contribution is 6.30. The smallest absolute Gasteiger partial charge is 0.361 e. The van der Waals surface area contributed by atoms with Gasteiger partial charge < -0.3 is 15.4 Å². The molecule has 0 saturated heterocycles. The molecule has 192 valence electrons. The van der Waals surface area contributed by atoms with E-state index in [4.69, 9.17) is 16.3 Å². The largest absolute Gasteiger partial charge is 0.416 e. The fourth-order valence-electron chi connectivity index (χ4n) is 3.16. The average molecular weight is 523 g/mol. The SMILES string of the molecule is C[C@H](CNC=O)C(=O)Nc1cc(-c2cccc(COC(C)(C)C(F)(F)F)c2)n(-c2ccc(Cl)cc2)n1. The maximum Gasteiger partial charge on any atom is 0.416 e. The lowest BCUT2D eigenvalue weighted by Crippen LogP contribution is -2.41. The third kappa shape index (κ3) is 6.64. The van der Waals surface area contributed by atoms with Gasteiger partial charge in [0, 0.05) is 23.2 Å². The van der Waals surface area contributed by atoms with Gasteiger partial charge in [0.05, 0.1) is 23.9 Å². The van der Waals surface area contributed by atoms with Gasteiger partial charge in [0.2, 0.25) is 12.3 Å². The molecular formula is C25H26ClF3N4O3. The van der Waals surface area contributed by atoms with E-state index in [1.165, 1.54) is 0 Å². The molecule has 0 bridgehead atoms. The van der Waals surface area contributed by atoms with Gasteiger partial charge >= 0.3 is 6.18 Å². The number of carbonyl (C=O) groups is 2. The Hall–Kier alpha value is -3.37. The van der Waals surface area contributed by atoms with E-state index in [-0.39, 0.29) is 24.9 Å².